The van der Waals surface area contributed by atoms with Gasteiger partial charge in [0.15, 0.2) is 0 Å². The Morgan fingerprint density at radius 1 is 1.12 bits per heavy atom. The van der Waals surface area contributed by atoms with Crippen molar-refractivity contribution in [2.24, 2.45) is 0 Å². The van der Waals surface area contributed by atoms with Crippen LogP contribution in [-0.4, -0.2) is 11.1 Å². The molecular formula is C15H16O2. The van der Waals surface area contributed by atoms with Crippen LogP contribution in [0.3, 0.4) is 0 Å². The Labute approximate surface area is 101 Å². The highest BCUT2D eigenvalue weighted by atomic mass is 16.4. The van der Waals surface area contributed by atoms with E-state index in [2.05, 4.69) is 56.0 Å². The molecule has 0 spiro atoms. The van der Waals surface area contributed by atoms with Crippen LogP contribution >= 0.6 is 0 Å². The minimum Gasteiger partial charge on any atom is -0.478 e. The monoisotopic (exact) mass is 228 g/mol. The van der Waals surface area contributed by atoms with E-state index in [-0.39, 0.29) is 5.57 Å². The first kappa shape index (κ1) is 13.0. The molecule has 0 saturated heterocycles. The van der Waals surface area contributed by atoms with Crippen LogP contribution < -0.4 is 0 Å². The van der Waals surface area contributed by atoms with E-state index in [0.29, 0.717) is 0 Å². The molecule has 0 radical (unpaired) electrons. The molecule has 0 atom stereocenters. The molecule has 1 N–H and O–H groups in total. The molecule has 2 aromatic rings. The second kappa shape index (κ2) is 5.85. The first-order chi connectivity index (χ1) is 8.02. The smallest absolute Gasteiger partial charge is 0.330 e. The Morgan fingerprint density at radius 3 is 2.18 bits per heavy atom. The third-order valence-electron chi connectivity index (χ3n) is 2.37. The van der Waals surface area contributed by atoms with Crippen LogP contribution in [0.5, 0.6) is 0 Å². The zero-order valence-corrected chi connectivity index (χ0v) is 10.1. The van der Waals surface area contributed by atoms with Gasteiger partial charge in [0.05, 0.1) is 0 Å². The summed E-state index contributed by atoms with van der Waals surface area (Å²) in [6, 6.07) is 14.8. The summed E-state index contributed by atoms with van der Waals surface area (Å²) in [6.45, 7) is 6.74. The van der Waals surface area contributed by atoms with Crippen molar-refractivity contribution < 1.29 is 9.90 Å². The second-order valence-electron chi connectivity index (χ2n) is 3.88. The summed E-state index contributed by atoms with van der Waals surface area (Å²) in [5.74, 6) is -0.935. The Kier molecular flexibility index (Phi) is 4.46. The summed E-state index contributed by atoms with van der Waals surface area (Å²) in [6.07, 6.45) is 0. The van der Waals surface area contributed by atoms with Crippen molar-refractivity contribution in [1.82, 2.24) is 0 Å². The molecule has 0 bridgehead atoms. The maximum Gasteiger partial charge on any atom is 0.330 e. The minimum atomic E-state index is -0.935. The van der Waals surface area contributed by atoms with Gasteiger partial charge in [-0.1, -0.05) is 49.0 Å². The van der Waals surface area contributed by atoms with E-state index in [1.54, 1.807) is 0 Å². The molecule has 0 fully saturated rings. The lowest BCUT2D eigenvalue weighted by Crippen LogP contribution is -1.92. The van der Waals surface area contributed by atoms with Gasteiger partial charge >= 0.3 is 5.97 Å². The van der Waals surface area contributed by atoms with Gasteiger partial charge in [-0.15, -0.1) is 0 Å². The normalized spacial score (nSPS) is 9.29. The maximum atomic E-state index is 9.60. The lowest BCUT2D eigenvalue weighted by atomic mass is 10.1. The Hall–Kier alpha value is -2.09. The molecule has 0 heterocycles. The molecule has 2 nitrogen and oxygen atoms in total. The van der Waals surface area contributed by atoms with Crippen molar-refractivity contribution in [3.63, 3.8) is 0 Å². The van der Waals surface area contributed by atoms with Gasteiger partial charge in [0.25, 0.3) is 0 Å². The number of aliphatic carboxylic acids is 1. The lowest BCUT2D eigenvalue weighted by Gasteiger charge is -1.98. The van der Waals surface area contributed by atoms with Gasteiger partial charge in [-0.3, -0.25) is 0 Å². The van der Waals surface area contributed by atoms with Crippen LogP contribution in [-0.2, 0) is 4.79 Å². The van der Waals surface area contributed by atoms with E-state index in [1.807, 2.05) is 0 Å². The highest BCUT2D eigenvalue weighted by Crippen LogP contribution is 2.16. The number of fused-ring (bicyclic) bond motifs is 1. The Bertz CT molecular complexity index is 524. The molecule has 2 rings (SSSR count). The molecule has 0 aromatic heterocycles. The Morgan fingerprint density at radius 2 is 1.65 bits per heavy atom. The summed E-state index contributed by atoms with van der Waals surface area (Å²) in [5, 5.41) is 10.6. The first-order valence-electron chi connectivity index (χ1n) is 5.35. The van der Waals surface area contributed by atoms with Gasteiger partial charge in [0.1, 0.15) is 0 Å². The average Bonchev–Trinajstić information content (AvgIpc) is 2.30. The Balaban J connectivity index is 0.000000209. The number of carbonyl (C=O) groups is 1. The highest BCUT2D eigenvalue weighted by molar-refractivity contribution is 5.85. The molecule has 2 aromatic carbocycles. The number of hydrogen-bond donors (Lipinski definition) is 1. The number of carboxylic acid groups (broad SMARTS) is 1. The molecule has 0 aliphatic rings. The van der Waals surface area contributed by atoms with Crippen molar-refractivity contribution in [2.45, 2.75) is 13.8 Å². The molecule has 0 amide bonds. The van der Waals surface area contributed by atoms with Crippen molar-refractivity contribution >= 4 is 16.7 Å². The largest absolute Gasteiger partial charge is 0.478 e. The van der Waals surface area contributed by atoms with Gasteiger partial charge < -0.3 is 5.11 Å². The lowest BCUT2D eigenvalue weighted by molar-refractivity contribution is -0.132. The fraction of sp³-hybridized carbons (Fsp3) is 0.133. The van der Waals surface area contributed by atoms with E-state index in [1.165, 1.54) is 23.3 Å². The van der Waals surface area contributed by atoms with Crippen molar-refractivity contribution in [3.8, 4) is 0 Å². The van der Waals surface area contributed by atoms with Gasteiger partial charge in [-0.25, -0.2) is 4.79 Å². The van der Waals surface area contributed by atoms with E-state index in [9.17, 15) is 4.79 Å². The number of carboxylic acids is 1. The molecule has 0 saturated carbocycles. The standard InChI is InChI=1S/C11H10.C4H6O2/c1-9-5-4-7-10-6-2-3-8-11(9)10;1-3(2)4(5)6/h2-8H,1H3;1H2,2H3,(H,5,6). The fourth-order valence-electron chi connectivity index (χ4n) is 1.39. The fourth-order valence-corrected chi connectivity index (χ4v) is 1.39. The molecule has 0 aliphatic heterocycles. The van der Waals surface area contributed by atoms with Crippen LogP contribution in [0.25, 0.3) is 10.8 Å². The van der Waals surface area contributed by atoms with Crippen LogP contribution in [0.4, 0.5) is 0 Å². The molecule has 88 valence electrons. The summed E-state index contributed by atoms with van der Waals surface area (Å²) >= 11 is 0. The van der Waals surface area contributed by atoms with Crippen LogP contribution in [0, 0.1) is 6.92 Å². The predicted octanol–water partition coefficient (Wildman–Crippen LogP) is 3.80. The zero-order valence-electron chi connectivity index (χ0n) is 10.1. The summed E-state index contributed by atoms with van der Waals surface area (Å²) in [5.41, 5.74) is 1.53. The number of rotatable bonds is 1. The number of aryl methyl sites for hydroxylation is 1. The third kappa shape index (κ3) is 3.76. The predicted molar refractivity (Wildman–Crippen MR) is 71.1 cm³/mol. The number of hydrogen-bond acceptors (Lipinski definition) is 1. The summed E-state index contributed by atoms with van der Waals surface area (Å²) < 4.78 is 0. The molecule has 0 aliphatic carbocycles. The van der Waals surface area contributed by atoms with Gasteiger partial charge in [0, 0.05) is 5.57 Å². The maximum absolute atomic E-state index is 9.60. The van der Waals surface area contributed by atoms with Crippen LogP contribution in [0.2, 0.25) is 0 Å². The molecular weight excluding hydrogens is 212 g/mol. The van der Waals surface area contributed by atoms with E-state index in [4.69, 9.17) is 5.11 Å². The van der Waals surface area contributed by atoms with Gasteiger partial charge in [-0.2, -0.15) is 0 Å². The number of benzene rings is 2. The van der Waals surface area contributed by atoms with E-state index < -0.39 is 5.97 Å². The van der Waals surface area contributed by atoms with Gasteiger partial charge in [0.2, 0.25) is 0 Å². The summed E-state index contributed by atoms with van der Waals surface area (Å²) in [4.78, 5) is 9.60. The first-order valence-corrected chi connectivity index (χ1v) is 5.35. The van der Waals surface area contributed by atoms with Crippen molar-refractivity contribution in [1.29, 1.82) is 0 Å². The summed E-state index contributed by atoms with van der Waals surface area (Å²) in [7, 11) is 0. The zero-order chi connectivity index (χ0) is 12.8. The molecule has 17 heavy (non-hydrogen) atoms. The highest BCUT2D eigenvalue weighted by Gasteiger charge is 1.92. The second-order valence-corrected chi connectivity index (χ2v) is 3.88. The van der Waals surface area contributed by atoms with Crippen molar-refractivity contribution in [3.05, 3.63) is 60.2 Å². The minimum absolute atomic E-state index is 0.176. The topological polar surface area (TPSA) is 37.3 Å². The van der Waals surface area contributed by atoms with Gasteiger partial charge in [-0.05, 0) is 30.2 Å². The quantitative estimate of drug-likeness (QED) is 0.754. The average molecular weight is 228 g/mol. The third-order valence-corrected chi connectivity index (χ3v) is 2.37. The van der Waals surface area contributed by atoms with Crippen molar-refractivity contribution in [2.75, 3.05) is 0 Å². The molecule has 0 unspecified atom stereocenters. The van der Waals surface area contributed by atoms with E-state index >= 15 is 0 Å². The van der Waals surface area contributed by atoms with Crippen LogP contribution in [0.1, 0.15) is 12.5 Å². The SMILES string of the molecule is C=C(C)C(=O)O.Cc1cccc2ccccc12. The van der Waals surface area contributed by atoms with Crippen LogP contribution in [0.15, 0.2) is 54.6 Å². The van der Waals surface area contributed by atoms with E-state index in [0.717, 1.165) is 0 Å². The molecule has 2 heteroatoms.